The third-order valence-corrected chi connectivity index (χ3v) is 2.53. The molecule has 0 saturated heterocycles. The number of hydrogen-bond donors (Lipinski definition) is 3. The van der Waals surface area contributed by atoms with E-state index in [4.69, 9.17) is 5.11 Å². The van der Waals surface area contributed by atoms with Crippen LogP contribution in [0.2, 0.25) is 0 Å². The number of nitrogens with one attached hydrogen (secondary N) is 2. The van der Waals surface area contributed by atoms with E-state index in [0.717, 1.165) is 5.56 Å². The molecule has 0 aliphatic rings. The molecule has 1 rings (SSSR count). The maximum atomic E-state index is 11.7. The van der Waals surface area contributed by atoms with E-state index in [0.29, 0.717) is 6.54 Å². The first-order chi connectivity index (χ1) is 9.89. The van der Waals surface area contributed by atoms with Gasteiger partial charge in [-0.1, -0.05) is 44.2 Å². The maximum Gasteiger partial charge on any atom is 0.305 e. The van der Waals surface area contributed by atoms with Crippen LogP contribution < -0.4 is 10.6 Å². The number of amides is 1. The molecule has 0 unspecified atom stereocenters. The molecule has 0 atom stereocenters. The first-order valence-corrected chi connectivity index (χ1v) is 7.16. The average Bonchev–Trinajstić information content (AvgIpc) is 2.40. The van der Waals surface area contributed by atoms with Crippen molar-refractivity contribution in [3.8, 4) is 0 Å². The van der Waals surface area contributed by atoms with Crippen molar-refractivity contribution in [3.05, 3.63) is 35.9 Å². The molecule has 3 N–H and O–H groups in total. The van der Waals surface area contributed by atoms with Gasteiger partial charge in [0.05, 0.1) is 13.0 Å². The fraction of sp³-hybridized carbons (Fsp3) is 0.500. The molecule has 0 heterocycles. The molecule has 0 aromatic heterocycles. The zero-order chi connectivity index (χ0) is 16.3. The van der Waals surface area contributed by atoms with E-state index < -0.39 is 11.5 Å². The van der Waals surface area contributed by atoms with Gasteiger partial charge in [-0.05, 0) is 19.4 Å². The van der Waals surface area contributed by atoms with Gasteiger partial charge in [0.1, 0.15) is 0 Å². The summed E-state index contributed by atoms with van der Waals surface area (Å²) in [6.07, 6.45) is -0.0998. The predicted octanol–water partition coefficient (Wildman–Crippen LogP) is 2.17. The lowest BCUT2D eigenvalue weighted by Gasteiger charge is -2.24. The molecule has 1 amide bonds. The molecule has 0 spiro atoms. The Morgan fingerprint density at radius 3 is 2.24 bits per heavy atom. The second-order valence-electron chi connectivity index (χ2n) is 5.09. The summed E-state index contributed by atoms with van der Waals surface area (Å²) >= 11 is 0. The molecule has 5 nitrogen and oxygen atoms in total. The standard InChI is InChI=1S/C14H20N2O3.C2H6/c1-14(2,8-13(18)19)16-12(17)10-15-9-11-6-4-3-5-7-11;1-2/h3-7,15H,8-10H2,1-2H3,(H,16,17)(H,18,19);1-2H3. The molecule has 0 bridgehead atoms. The van der Waals surface area contributed by atoms with Gasteiger partial charge in [0, 0.05) is 12.1 Å². The van der Waals surface area contributed by atoms with E-state index in [1.165, 1.54) is 0 Å². The van der Waals surface area contributed by atoms with Crippen molar-refractivity contribution in [2.24, 2.45) is 0 Å². The Balaban J connectivity index is 0.00000191. The molecule has 1 aromatic rings. The van der Waals surface area contributed by atoms with Crippen molar-refractivity contribution in [2.45, 2.75) is 46.2 Å². The smallest absolute Gasteiger partial charge is 0.305 e. The van der Waals surface area contributed by atoms with Gasteiger partial charge in [-0.25, -0.2) is 0 Å². The summed E-state index contributed by atoms with van der Waals surface area (Å²) in [5.74, 6) is -1.13. The van der Waals surface area contributed by atoms with Gasteiger partial charge in [-0.3, -0.25) is 9.59 Å². The summed E-state index contributed by atoms with van der Waals surface area (Å²) in [6, 6.07) is 9.75. The van der Waals surface area contributed by atoms with E-state index in [-0.39, 0.29) is 18.9 Å². The fourth-order valence-corrected chi connectivity index (χ4v) is 1.76. The van der Waals surface area contributed by atoms with Crippen LogP contribution in [0.3, 0.4) is 0 Å². The summed E-state index contributed by atoms with van der Waals surface area (Å²) in [5.41, 5.74) is 0.359. The van der Waals surface area contributed by atoms with Gasteiger partial charge in [0.15, 0.2) is 0 Å². The average molecular weight is 294 g/mol. The van der Waals surface area contributed by atoms with Gasteiger partial charge in [-0.2, -0.15) is 0 Å². The Labute approximate surface area is 126 Å². The Morgan fingerprint density at radius 2 is 1.71 bits per heavy atom. The highest BCUT2D eigenvalue weighted by Gasteiger charge is 2.23. The lowest BCUT2D eigenvalue weighted by atomic mass is 10.0. The number of benzene rings is 1. The Hall–Kier alpha value is -1.88. The van der Waals surface area contributed by atoms with Crippen LogP contribution in [-0.4, -0.2) is 29.1 Å². The van der Waals surface area contributed by atoms with E-state index in [1.54, 1.807) is 13.8 Å². The van der Waals surface area contributed by atoms with Crippen LogP contribution in [-0.2, 0) is 16.1 Å². The minimum Gasteiger partial charge on any atom is -0.481 e. The second-order valence-corrected chi connectivity index (χ2v) is 5.09. The highest BCUT2D eigenvalue weighted by molar-refractivity contribution is 5.79. The summed E-state index contributed by atoms with van der Waals surface area (Å²) in [5, 5.41) is 14.4. The topological polar surface area (TPSA) is 78.4 Å². The summed E-state index contributed by atoms with van der Waals surface area (Å²) in [7, 11) is 0. The Morgan fingerprint density at radius 1 is 1.14 bits per heavy atom. The second kappa shape index (κ2) is 9.94. The van der Waals surface area contributed by atoms with Gasteiger partial charge >= 0.3 is 5.97 Å². The minimum atomic E-state index is -0.928. The van der Waals surface area contributed by atoms with Crippen LogP contribution in [0.1, 0.15) is 39.7 Å². The number of carboxylic acids is 1. The van der Waals surface area contributed by atoms with Gasteiger partial charge in [0.25, 0.3) is 0 Å². The molecular formula is C16H26N2O3. The quantitative estimate of drug-likeness (QED) is 0.720. The number of aliphatic carboxylic acids is 1. The number of carbonyl (C=O) groups excluding carboxylic acids is 1. The van der Waals surface area contributed by atoms with Crippen LogP contribution >= 0.6 is 0 Å². The highest BCUT2D eigenvalue weighted by Crippen LogP contribution is 2.07. The molecule has 0 saturated carbocycles. The fourth-order valence-electron chi connectivity index (χ4n) is 1.76. The lowest BCUT2D eigenvalue weighted by molar-refractivity contribution is -0.138. The SMILES string of the molecule is CC.CC(C)(CC(=O)O)NC(=O)CNCc1ccccc1. The maximum absolute atomic E-state index is 11.7. The normalized spacial score (nSPS) is 10.3. The summed E-state index contributed by atoms with van der Waals surface area (Å²) in [6.45, 7) is 8.15. The van der Waals surface area contributed by atoms with E-state index >= 15 is 0 Å². The van der Waals surface area contributed by atoms with E-state index in [1.807, 2.05) is 44.2 Å². The first-order valence-electron chi connectivity index (χ1n) is 7.16. The molecule has 0 radical (unpaired) electrons. The van der Waals surface area contributed by atoms with Crippen LogP contribution in [0.25, 0.3) is 0 Å². The zero-order valence-corrected chi connectivity index (χ0v) is 13.3. The molecule has 0 fully saturated rings. The van der Waals surface area contributed by atoms with Crippen LogP contribution in [0.5, 0.6) is 0 Å². The van der Waals surface area contributed by atoms with Gasteiger partial charge < -0.3 is 15.7 Å². The Bertz CT molecular complexity index is 430. The van der Waals surface area contributed by atoms with Gasteiger partial charge in [-0.15, -0.1) is 0 Å². The van der Waals surface area contributed by atoms with E-state index in [9.17, 15) is 9.59 Å². The molecule has 1 aromatic carbocycles. The molecule has 0 aliphatic carbocycles. The molecule has 118 valence electrons. The predicted molar refractivity (Wildman–Crippen MR) is 84.0 cm³/mol. The van der Waals surface area contributed by atoms with Crippen LogP contribution in [0.4, 0.5) is 0 Å². The van der Waals surface area contributed by atoms with Crippen molar-refractivity contribution in [1.82, 2.24) is 10.6 Å². The number of rotatable bonds is 7. The number of carboxylic acid groups (broad SMARTS) is 1. The minimum absolute atomic E-state index is 0.0998. The number of carbonyl (C=O) groups is 2. The monoisotopic (exact) mass is 294 g/mol. The summed E-state index contributed by atoms with van der Waals surface area (Å²) < 4.78 is 0. The van der Waals surface area contributed by atoms with E-state index in [2.05, 4.69) is 10.6 Å². The first kappa shape index (κ1) is 19.1. The van der Waals surface area contributed by atoms with Crippen molar-refractivity contribution in [2.75, 3.05) is 6.54 Å². The van der Waals surface area contributed by atoms with Crippen LogP contribution in [0, 0.1) is 0 Å². The van der Waals surface area contributed by atoms with Gasteiger partial charge in [0.2, 0.25) is 5.91 Å². The van der Waals surface area contributed by atoms with Crippen molar-refractivity contribution in [3.63, 3.8) is 0 Å². The number of hydrogen-bond acceptors (Lipinski definition) is 3. The zero-order valence-electron chi connectivity index (χ0n) is 13.3. The lowest BCUT2D eigenvalue weighted by Crippen LogP contribution is -2.48. The largest absolute Gasteiger partial charge is 0.481 e. The van der Waals surface area contributed by atoms with Crippen LogP contribution in [0.15, 0.2) is 30.3 Å². The van der Waals surface area contributed by atoms with Crippen molar-refractivity contribution >= 4 is 11.9 Å². The molecule has 5 heteroatoms. The summed E-state index contributed by atoms with van der Waals surface area (Å²) in [4.78, 5) is 22.3. The Kier molecular flexibility index (Phi) is 9.05. The molecule has 21 heavy (non-hydrogen) atoms. The molecule has 0 aliphatic heterocycles. The van der Waals surface area contributed by atoms with Crippen molar-refractivity contribution in [1.29, 1.82) is 0 Å². The highest BCUT2D eigenvalue weighted by atomic mass is 16.4. The van der Waals surface area contributed by atoms with Crippen molar-refractivity contribution < 1.29 is 14.7 Å². The third kappa shape index (κ3) is 9.62. The third-order valence-electron chi connectivity index (χ3n) is 2.53. The molecular weight excluding hydrogens is 268 g/mol.